The summed E-state index contributed by atoms with van der Waals surface area (Å²) in [5, 5.41) is 6.83. The Morgan fingerprint density at radius 3 is 2.61 bits per heavy atom. The van der Waals surface area contributed by atoms with Gasteiger partial charge in [0, 0.05) is 17.1 Å². The number of nitrogens with one attached hydrogen (secondary N) is 2. The molecule has 0 aliphatic rings. The van der Waals surface area contributed by atoms with E-state index in [9.17, 15) is 4.79 Å². The van der Waals surface area contributed by atoms with Crippen LogP contribution in [0.2, 0.25) is 5.02 Å². The molecule has 0 aliphatic heterocycles. The average Bonchev–Trinajstić information content (AvgIpc) is 2.23. The maximum absolute atomic E-state index is 11.8. The molecule has 1 aromatic rings. The number of hydrogen-bond acceptors (Lipinski definition) is 2. The number of halogens is 1. The maximum atomic E-state index is 11.8. The van der Waals surface area contributed by atoms with Crippen molar-refractivity contribution < 1.29 is 4.79 Å². The van der Waals surface area contributed by atoms with Crippen molar-refractivity contribution in [2.24, 2.45) is 0 Å². The van der Waals surface area contributed by atoms with E-state index in [2.05, 4.69) is 10.6 Å². The van der Waals surface area contributed by atoms with Gasteiger partial charge in [-0.2, -0.15) is 0 Å². The molecule has 1 amide bonds. The Labute approximate surface area is 114 Å². The average molecular weight is 269 g/mol. The molecule has 0 radical (unpaired) electrons. The molecule has 0 spiro atoms. The molecule has 18 heavy (non-hydrogen) atoms. The summed E-state index contributed by atoms with van der Waals surface area (Å²) in [6.45, 7) is 8.38. The first kappa shape index (κ1) is 15.0. The van der Waals surface area contributed by atoms with E-state index >= 15 is 0 Å². The summed E-state index contributed by atoms with van der Waals surface area (Å²) in [4.78, 5) is 11.8. The predicted octanol–water partition coefficient (Wildman–Crippen LogP) is 2.73. The van der Waals surface area contributed by atoms with Gasteiger partial charge in [-0.05, 0) is 45.4 Å². The fraction of sp³-hybridized carbons (Fsp3) is 0.500. The van der Waals surface area contributed by atoms with Gasteiger partial charge in [-0.1, -0.05) is 23.7 Å². The Bertz CT molecular complexity index is 413. The third kappa shape index (κ3) is 5.52. The van der Waals surface area contributed by atoms with Gasteiger partial charge in [0.15, 0.2) is 0 Å². The molecule has 1 aromatic carbocycles. The van der Waals surface area contributed by atoms with E-state index < -0.39 is 0 Å². The number of carbonyl (C=O) groups is 1. The Hall–Kier alpha value is -1.06. The van der Waals surface area contributed by atoms with Crippen molar-refractivity contribution in [2.45, 2.75) is 45.8 Å². The Kier molecular flexibility index (Phi) is 5.17. The van der Waals surface area contributed by atoms with Crippen LogP contribution in [-0.4, -0.2) is 17.5 Å². The highest BCUT2D eigenvalue weighted by Gasteiger charge is 2.18. The fourth-order valence-corrected chi connectivity index (χ4v) is 1.70. The zero-order valence-electron chi connectivity index (χ0n) is 11.4. The number of carbonyl (C=O) groups excluding carboxylic acids is 1. The molecule has 100 valence electrons. The number of benzene rings is 1. The minimum Gasteiger partial charge on any atom is -0.350 e. The Morgan fingerprint density at radius 1 is 1.39 bits per heavy atom. The number of amides is 1. The first-order chi connectivity index (χ1) is 8.28. The highest BCUT2D eigenvalue weighted by Crippen LogP contribution is 2.10. The van der Waals surface area contributed by atoms with Crippen molar-refractivity contribution in [1.29, 1.82) is 0 Å². The second kappa shape index (κ2) is 6.21. The van der Waals surface area contributed by atoms with Gasteiger partial charge < -0.3 is 10.6 Å². The molecular formula is C14H21ClN2O. The van der Waals surface area contributed by atoms with Gasteiger partial charge in [0.2, 0.25) is 5.91 Å². The SMILES string of the molecule is CC(NCc1cccc(Cl)c1)C(=O)NC(C)(C)C. The Morgan fingerprint density at radius 2 is 2.06 bits per heavy atom. The number of hydrogen-bond donors (Lipinski definition) is 2. The molecule has 0 saturated heterocycles. The summed E-state index contributed by atoms with van der Waals surface area (Å²) in [7, 11) is 0. The molecule has 1 atom stereocenters. The Balaban J connectivity index is 2.46. The van der Waals surface area contributed by atoms with Crippen LogP contribution in [0, 0.1) is 0 Å². The lowest BCUT2D eigenvalue weighted by Crippen LogP contribution is -2.49. The van der Waals surface area contributed by atoms with Gasteiger partial charge in [0.1, 0.15) is 0 Å². The smallest absolute Gasteiger partial charge is 0.237 e. The van der Waals surface area contributed by atoms with Crippen LogP contribution in [0.3, 0.4) is 0 Å². The summed E-state index contributed by atoms with van der Waals surface area (Å²) in [5.41, 5.74) is 0.862. The highest BCUT2D eigenvalue weighted by atomic mass is 35.5. The molecular weight excluding hydrogens is 248 g/mol. The van der Waals surface area contributed by atoms with E-state index in [1.165, 1.54) is 0 Å². The van der Waals surface area contributed by atoms with Crippen molar-refractivity contribution in [2.75, 3.05) is 0 Å². The highest BCUT2D eigenvalue weighted by molar-refractivity contribution is 6.30. The van der Waals surface area contributed by atoms with Crippen LogP contribution in [-0.2, 0) is 11.3 Å². The molecule has 0 saturated carbocycles. The van der Waals surface area contributed by atoms with Crippen LogP contribution in [0.1, 0.15) is 33.3 Å². The van der Waals surface area contributed by atoms with E-state index in [4.69, 9.17) is 11.6 Å². The molecule has 0 heterocycles. The molecule has 0 aliphatic carbocycles. The van der Waals surface area contributed by atoms with Gasteiger partial charge in [0.25, 0.3) is 0 Å². The fourth-order valence-electron chi connectivity index (χ4n) is 1.49. The molecule has 1 rings (SSSR count). The third-order valence-electron chi connectivity index (χ3n) is 2.39. The minimum atomic E-state index is -0.233. The summed E-state index contributed by atoms with van der Waals surface area (Å²) in [5.74, 6) is 0.00419. The first-order valence-corrected chi connectivity index (χ1v) is 6.45. The zero-order valence-corrected chi connectivity index (χ0v) is 12.1. The quantitative estimate of drug-likeness (QED) is 0.882. The summed E-state index contributed by atoms with van der Waals surface area (Å²) in [6, 6.07) is 7.37. The summed E-state index contributed by atoms with van der Waals surface area (Å²) < 4.78 is 0. The van der Waals surface area contributed by atoms with E-state index in [1.54, 1.807) is 0 Å². The van der Waals surface area contributed by atoms with Gasteiger partial charge in [-0.25, -0.2) is 0 Å². The number of rotatable bonds is 4. The first-order valence-electron chi connectivity index (χ1n) is 6.08. The van der Waals surface area contributed by atoms with Crippen molar-refractivity contribution in [1.82, 2.24) is 10.6 Å². The second-order valence-corrected chi connectivity index (χ2v) is 5.91. The minimum absolute atomic E-state index is 0.00419. The van der Waals surface area contributed by atoms with Crippen molar-refractivity contribution in [3.63, 3.8) is 0 Å². The largest absolute Gasteiger partial charge is 0.350 e. The lowest BCUT2D eigenvalue weighted by atomic mass is 10.1. The maximum Gasteiger partial charge on any atom is 0.237 e. The van der Waals surface area contributed by atoms with Crippen LogP contribution < -0.4 is 10.6 Å². The van der Waals surface area contributed by atoms with Crippen LogP contribution in [0.15, 0.2) is 24.3 Å². The van der Waals surface area contributed by atoms with Gasteiger partial charge in [-0.3, -0.25) is 4.79 Å². The monoisotopic (exact) mass is 268 g/mol. The third-order valence-corrected chi connectivity index (χ3v) is 2.63. The van der Waals surface area contributed by atoms with E-state index in [-0.39, 0.29) is 17.5 Å². The van der Waals surface area contributed by atoms with E-state index in [0.717, 1.165) is 5.56 Å². The van der Waals surface area contributed by atoms with Gasteiger partial charge >= 0.3 is 0 Å². The van der Waals surface area contributed by atoms with Crippen LogP contribution >= 0.6 is 11.6 Å². The molecule has 3 nitrogen and oxygen atoms in total. The van der Waals surface area contributed by atoms with Gasteiger partial charge in [0.05, 0.1) is 6.04 Å². The second-order valence-electron chi connectivity index (χ2n) is 5.47. The summed E-state index contributed by atoms with van der Waals surface area (Å²) in [6.07, 6.45) is 0. The molecule has 0 fully saturated rings. The molecule has 4 heteroatoms. The molecule has 0 bridgehead atoms. The van der Waals surface area contributed by atoms with Crippen molar-refractivity contribution in [3.05, 3.63) is 34.9 Å². The van der Waals surface area contributed by atoms with Crippen molar-refractivity contribution >= 4 is 17.5 Å². The normalized spacial score (nSPS) is 13.2. The van der Waals surface area contributed by atoms with Crippen molar-refractivity contribution in [3.8, 4) is 0 Å². The predicted molar refractivity (Wildman–Crippen MR) is 75.6 cm³/mol. The zero-order chi connectivity index (χ0) is 13.8. The van der Waals surface area contributed by atoms with Crippen LogP contribution in [0.5, 0.6) is 0 Å². The topological polar surface area (TPSA) is 41.1 Å². The van der Waals surface area contributed by atoms with E-state index in [1.807, 2.05) is 52.0 Å². The lowest BCUT2D eigenvalue weighted by molar-refractivity contribution is -0.124. The van der Waals surface area contributed by atoms with Crippen LogP contribution in [0.4, 0.5) is 0 Å². The lowest BCUT2D eigenvalue weighted by Gasteiger charge is -2.23. The van der Waals surface area contributed by atoms with Gasteiger partial charge in [-0.15, -0.1) is 0 Å². The van der Waals surface area contributed by atoms with E-state index in [0.29, 0.717) is 11.6 Å². The molecule has 2 N–H and O–H groups in total. The van der Waals surface area contributed by atoms with Crippen LogP contribution in [0.25, 0.3) is 0 Å². The molecule has 1 unspecified atom stereocenters. The summed E-state index contributed by atoms with van der Waals surface area (Å²) >= 11 is 5.90. The molecule has 0 aromatic heterocycles. The standard InChI is InChI=1S/C14H21ClN2O/c1-10(13(18)17-14(2,3)4)16-9-11-6-5-7-12(15)8-11/h5-8,10,16H,9H2,1-4H3,(H,17,18).